The summed E-state index contributed by atoms with van der Waals surface area (Å²) in [6.45, 7) is 8.00. The van der Waals surface area contributed by atoms with E-state index in [-0.39, 0.29) is 5.54 Å². The Labute approximate surface area is 74.6 Å². The van der Waals surface area contributed by atoms with E-state index in [0.717, 1.165) is 6.42 Å². The van der Waals surface area contributed by atoms with Crippen molar-refractivity contribution in [2.45, 2.75) is 46.1 Å². The van der Waals surface area contributed by atoms with Crippen LogP contribution < -0.4 is 5.73 Å². The molecule has 0 unspecified atom stereocenters. The Morgan fingerprint density at radius 3 is 2.25 bits per heavy atom. The Morgan fingerprint density at radius 1 is 1.42 bits per heavy atom. The van der Waals surface area contributed by atoms with Gasteiger partial charge >= 0.3 is 0 Å². The van der Waals surface area contributed by atoms with E-state index in [1.807, 2.05) is 20.8 Å². The molecule has 3 nitrogen and oxygen atoms in total. The van der Waals surface area contributed by atoms with E-state index in [0.29, 0.717) is 18.0 Å². The summed E-state index contributed by atoms with van der Waals surface area (Å²) in [5.74, 6) is 0.379. The molecular formula is C9H19N3. The number of nitrogens with two attached hydrogens (primary N) is 1. The molecule has 0 saturated heterocycles. The molecule has 0 aromatic rings. The van der Waals surface area contributed by atoms with E-state index in [2.05, 4.69) is 11.9 Å². The fraction of sp³-hybridized carbons (Fsp3) is 0.778. The molecule has 0 radical (unpaired) electrons. The zero-order valence-electron chi connectivity index (χ0n) is 8.44. The number of aliphatic imine (C=N–C) groups is 1. The maximum atomic E-state index is 7.44. The lowest BCUT2D eigenvalue weighted by Crippen LogP contribution is -2.28. The number of hydrogen-bond acceptors (Lipinski definition) is 2. The fourth-order valence-electron chi connectivity index (χ4n) is 0.654. The molecule has 0 aliphatic carbocycles. The minimum Gasteiger partial charge on any atom is -0.382 e. The molecule has 0 aromatic heterocycles. The second-order valence-electron chi connectivity index (χ2n) is 3.50. The van der Waals surface area contributed by atoms with Crippen molar-refractivity contribution in [3.05, 3.63) is 0 Å². The summed E-state index contributed by atoms with van der Waals surface area (Å²) < 4.78 is 0. The molecule has 0 amide bonds. The predicted molar refractivity (Wildman–Crippen MR) is 54.0 cm³/mol. The second kappa shape index (κ2) is 4.24. The topological polar surface area (TPSA) is 62.2 Å². The first kappa shape index (κ1) is 11.1. The molecular weight excluding hydrogens is 150 g/mol. The molecule has 12 heavy (non-hydrogen) atoms. The minimum absolute atomic E-state index is 0.133. The predicted octanol–water partition coefficient (Wildman–Crippen LogP) is 1.96. The van der Waals surface area contributed by atoms with Crippen LogP contribution in [0.15, 0.2) is 4.99 Å². The summed E-state index contributed by atoms with van der Waals surface area (Å²) in [6, 6.07) is 0. The molecule has 0 atom stereocenters. The monoisotopic (exact) mass is 169 g/mol. The molecule has 0 rings (SSSR count). The van der Waals surface area contributed by atoms with Crippen LogP contribution in [0.2, 0.25) is 0 Å². The van der Waals surface area contributed by atoms with E-state index in [9.17, 15) is 0 Å². The quantitative estimate of drug-likeness (QED) is 0.490. The minimum atomic E-state index is -0.133. The third-order valence-electron chi connectivity index (χ3n) is 1.95. The van der Waals surface area contributed by atoms with Crippen LogP contribution in [0.4, 0.5) is 0 Å². The van der Waals surface area contributed by atoms with E-state index in [4.69, 9.17) is 11.1 Å². The zero-order valence-corrected chi connectivity index (χ0v) is 8.44. The summed E-state index contributed by atoms with van der Waals surface area (Å²) in [7, 11) is 0. The van der Waals surface area contributed by atoms with Crippen LogP contribution in [-0.2, 0) is 0 Å². The molecule has 0 heterocycles. The molecule has 0 spiro atoms. The van der Waals surface area contributed by atoms with Crippen molar-refractivity contribution in [2.75, 3.05) is 0 Å². The van der Waals surface area contributed by atoms with Crippen molar-refractivity contribution < 1.29 is 0 Å². The van der Waals surface area contributed by atoms with E-state index in [1.54, 1.807) is 0 Å². The van der Waals surface area contributed by atoms with Crippen LogP contribution >= 0.6 is 0 Å². The maximum absolute atomic E-state index is 7.44. The van der Waals surface area contributed by atoms with Crippen molar-refractivity contribution in [3.8, 4) is 0 Å². The van der Waals surface area contributed by atoms with Gasteiger partial charge in [0, 0.05) is 0 Å². The Balaban J connectivity index is 4.45. The van der Waals surface area contributed by atoms with Crippen LogP contribution in [0, 0.1) is 5.41 Å². The number of nitrogens with one attached hydrogen (secondary N) is 1. The van der Waals surface area contributed by atoms with Gasteiger partial charge in [-0.1, -0.05) is 13.8 Å². The van der Waals surface area contributed by atoms with Gasteiger partial charge in [0.05, 0.1) is 11.3 Å². The van der Waals surface area contributed by atoms with Crippen LogP contribution in [0.25, 0.3) is 0 Å². The average Bonchev–Trinajstić information content (AvgIpc) is 2.02. The highest BCUT2D eigenvalue weighted by atomic mass is 14.9. The third-order valence-corrected chi connectivity index (χ3v) is 1.95. The summed E-state index contributed by atoms with van der Waals surface area (Å²) in [5.41, 5.74) is 5.91. The lowest BCUT2D eigenvalue weighted by atomic mass is 10.0. The van der Waals surface area contributed by atoms with Gasteiger partial charge in [-0.3, -0.25) is 4.99 Å². The summed E-state index contributed by atoms with van der Waals surface area (Å²) in [4.78, 5) is 4.27. The maximum Gasteiger partial charge on any atom is 0.140 e. The largest absolute Gasteiger partial charge is 0.382 e. The Morgan fingerprint density at radius 2 is 1.92 bits per heavy atom. The average molecular weight is 169 g/mol. The normalized spacial score (nSPS) is 13.2. The third kappa shape index (κ3) is 3.51. The van der Waals surface area contributed by atoms with Crippen LogP contribution in [0.1, 0.15) is 40.5 Å². The molecule has 0 fully saturated rings. The molecule has 0 aliphatic rings. The number of hydrogen-bond donors (Lipinski definition) is 2. The van der Waals surface area contributed by atoms with Crippen molar-refractivity contribution in [2.24, 2.45) is 10.7 Å². The zero-order chi connectivity index (χ0) is 9.78. The van der Waals surface area contributed by atoms with Gasteiger partial charge in [0.25, 0.3) is 0 Å². The molecule has 0 bridgehead atoms. The fourth-order valence-corrected chi connectivity index (χ4v) is 0.654. The van der Waals surface area contributed by atoms with Gasteiger partial charge in [-0.15, -0.1) is 0 Å². The number of amidine groups is 1. The molecule has 0 aromatic carbocycles. The van der Waals surface area contributed by atoms with Gasteiger partial charge in [-0.2, -0.15) is 0 Å². The van der Waals surface area contributed by atoms with Crippen LogP contribution in [-0.4, -0.2) is 17.1 Å². The smallest absolute Gasteiger partial charge is 0.140 e. The van der Waals surface area contributed by atoms with Gasteiger partial charge in [-0.05, 0) is 26.7 Å². The Kier molecular flexibility index (Phi) is 3.93. The van der Waals surface area contributed by atoms with E-state index in [1.165, 1.54) is 0 Å². The summed E-state index contributed by atoms with van der Waals surface area (Å²) >= 11 is 0. The Hall–Kier alpha value is -0.860. The SMILES string of the molecule is CCC(=N)C(N)=NC(C)(C)CC. The number of nitrogens with zero attached hydrogens (tertiary/aromatic N) is 1. The van der Waals surface area contributed by atoms with Gasteiger partial charge in [0.15, 0.2) is 0 Å². The van der Waals surface area contributed by atoms with Gasteiger partial charge < -0.3 is 11.1 Å². The highest BCUT2D eigenvalue weighted by molar-refractivity contribution is 6.39. The van der Waals surface area contributed by atoms with Crippen LogP contribution in [0.5, 0.6) is 0 Å². The lowest BCUT2D eigenvalue weighted by molar-refractivity contribution is 0.505. The summed E-state index contributed by atoms with van der Waals surface area (Å²) in [6.07, 6.45) is 1.58. The highest BCUT2D eigenvalue weighted by Gasteiger charge is 2.14. The van der Waals surface area contributed by atoms with Crippen molar-refractivity contribution >= 4 is 11.5 Å². The molecule has 70 valence electrons. The van der Waals surface area contributed by atoms with Crippen molar-refractivity contribution in [1.82, 2.24) is 0 Å². The highest BCUT2D eigenvalue weighted by Crippen LogP contribution is 2.13. The second-order valence-corrected chi connectivity index (χ2v) is 3.50. The first-order valence-electron chi connectivity index (χ1n) is 4.36. The first-order chi connectivity index (χ1) is 5.43. The number of rotatable bonds is 4. The van der Waals surface area contributed by atoms with Gasteiger partial charge in [0.1, 0.15) is 5.84 Å². The van der Waals surface area contributed by atoms with Crippen molar-refractivity contribution in [3.63, 3.8) is 0 Å². The molecule has 0 aliphatic heterocycles. The van der Waals surface area contributed by atoms with Crippen molar-refractivity contribution in [1.29, 1.82) is 5.41 Å². The first-order valence-corrected chi connectivity index (χ1v) is 4.36. The van der Waals surface area contributed by atoms with Gasteiger partial charge in [0.2, 0.25) is 0 Å². The lowest BCUT2D eigenvalue weighted by Gasteiger charge is -2.17. The van der Waals surface area contributed by atoms with Gasteiger partial charge in [-0.25, -0.2) is 0 Å². The van der Waals surface area contributed by atoms with E-state index >= 15 is 0 Å². The summed E-state index contributed by atoms with van der Waals surface area (Å²) in [5, 5.41) is 7.44. The standard InChI is InChI=1S/C9H19N3/c1-5-7(10)8(11)12-9(3,4)6-2/h10H,5-6H2,1-4H3,(H2,11,12). The van der Waals surface area contributed by atoms with Crippen LogP contribution in [0.3, 0.4) is 0 Å². The molecule has 3 N–H and O–H groups in total. The molecule has 3 heteroatoms. The van der Waals surface area contributed by atoms with E-state index < -0.39 is 0 Å². The Bertz CT molecular complexity index is 192. The molecule has 0 saturated carbocycles.